The highest BCUT2D eigenvalue weighted by atomic mass is 35.5. The van der Waals surface area contributed by atoms with E-state index < -0.39 is 5.60 Å². The van der Waals surface area contributed by atoms with Crippen molar-refractivity contribution in [3.8, 4) is 5.75 Å². The number of carbonyl (C=O) groups excluding carboxylic acids is 2. The fourth-order valence-corrected chi connectivity index (χ4v) is 6.28. The number of hydrogen-bond acceptors (Lipinski definition) is 7. The van der Waals surface area contributed by atoms with Crippen LogP contribution in [0.15, 0.2) is 47.8 Å². The molecule has 37 heavy (non-hydrogen) atoms. The molecule has 0 radical (unpaired) electrons. The van der Waals surface area contributed by atoms with E-state index in [1.165, 1.54) is 34.8 Å². The third kappa shape index (κ3) is 5.61. The van der Waals surface area contributed by atoms with E-state index in [-0.39, 0.29) is 23.5 Å². The van der Waals surface area contributed by atoms with Gasteiger partial charge in [0.25, 0.3) is 11.8 Å². The van der Waals surface area contributed by atoms with Crippen LogP contribution in [0, 0.1) is 5.82 Å². The monoisotopic (exact) mass is 558 g/mol. The third-order valence-electron chi connectivity index (χ3n) is 6.17. The van der Waals surface area contributed by atoms with E-state index in [1.54, 1.807) is 37.4 Å². The van der Waals surface area contributed by atoms with E-state index in [1.807, 2.05) is 17.0 Å². The van der Waals surface area contributed by atoms with Crippen LogP contribution in [-0.4, -0.2) is 45.4 Å². The van der Waals surface area contributed by atoms with Gasteiger partial charge < -0.3 is 9.64 Å². The van der Waals surface area contributed by atoms with Crippen molar-refractivity contribution in [2.75, 3.05) is 18.4 Å². The van der Waals surface area contributed by atoms with Gasteiger partial charge in [-0.15, -0.1) is 11.3 Å². The first kappa shape index (κ1) is 25.6. The number of piperidine rings is 1. The first-order valence-electron chi connectivity index (χ1n) is 11.8. The standard InChI is InChI=1S/C26H24ClFN4O3S2/c1-26(2,35-20-6-4-3-5-17(20)27)24(34)32-11-9-15(10-12-32)23-29-19(14-36-23)22(33)31-25-30-18-8-7-16(28)13-21(18)37-25/h3-8,13-15H,9-12H2,1-2H3,(H,30,31,33). The average molecular weight is 559 g/mol. The summed E-state index contributed by atoms with van der Waals surface area (Å²) in [4.78, 5) is 36.6. The second-order valence-electron chi connectivity index (χ2n) is 9.27. The Morgan fingerprint density at radius 2 is 1.92 bits per heavy atom. The number of hydrogen-bond donors (Lipinski definition) is 1. The first-order chi connectivity index (χ1) is 17.7. The quantitative estimate of drug-likeness (QED) is 0.297. The Morgan fingerprint density at radius 3 is 2.68 bits per heavy atom. The number of nitrogens with zero attached hydrogens (tertiary/aromatic N) is 3. The highest BCUT2D eigenvalue weighted by molar-refractivity contribution is 7.22. The molecule has 0 atom stereocenters. The van der Waals surface area contributed by atoms with Crippen molar-refractivity contribution in [3.63, 3.8) is 0 Å². The maximum atomic E-state index is 13.4. The van der Waals surface area contributed by atoms with E-state index in [0.29, 0.717) is 44.9 Å². The molecule has 1 fully saturated rings. The molecule has 1 aliphatic rings. The number of para-hydroxylation sites is 1. The highest BCUT2D eigenvalue weighted by Gasteiger charge is 2.37. The van der Waals surface area contributed by atoms with Gasteiger partial charge in [0.2, 0.25) is 0 Å². The zero-order chi connectivity index (χ0) is 26.2. The average Bonchev–Trinajstić information content (AvgIpc) is 3.52. The Labute approximate surface area is 226 Å². The molecule has 2 amide bonds. The second-order valence-corrected chi connectivity index (χ2v) is 11.6. The molecule has 5 rings (SSSR count). The predicted octanol–water partition coefficient (Wildman–Crippen LogP) is 6.36. The van der Waals surface area contributed by atoms with Gasteiger partial charge >= 0.3 is 0 Å². The smallest absolute Gasteiger partial charge is 0.276 e. The van der Waals surface area contributed by atoms with Crippen molar-refractivity contribution in [1.29, 1.82) is 0 Å². The molecule has 1 saturated heterocycles. The Balaban J connectivity index is 1.18. The van der Waals surface area contributed by atoms with Crippen LogP contribution in [0.25, 0.3) is 10.2 Å². The molecule has 192 valence electrons. The minimum Gasteiger partial charge on any atom is -0.476 e. The van der Waals surface area contributed by atoms with E-state index >= 15 is 0 Å². The molecular weight excluding hydrogens is 535 g/mol. The minimum atomic E-state index is -1.06. The number of thiazole rings is 2. The Morgan fingerprint density at radius 1 is 1.16 bits per heavy atom. The van der Waals surface area contributed by atoms with Gasteiger partial charge in [0.1, 0.15) is 17.3 Å². The molecular formula is C26H24ClFN4O3S2. The number of anilines is 1. The van der Waals surface area contributed by atoms with Gasteiger partial charge in [0.15, 0.2) is 10.7 Å². The van der Waals surface area contributed by atoms with Gasteiger partial charge in [0.05, 0.1) is 20.2 Å². The number of halogens is 2. The minimum absolute atomic E-state index is 0.0965. The van der Waals surface area contributed by atoms with Gasteiger partial charge in [-0.05, 0) is 57.0 Å². The molecule has 1 aliphatic heterocycles. The summed E-state index contributed by atoms with van der Waals surface area (Å²) in [5.41, 5.74) is -0.114. The number of fused-ring (bicyclic) bond motifs is 1. The molecule has 0 bridgehead atoms. The fourth-order valence-electron chi connectivity index (χ4n) is 4.25. The van der Waals surface area contributed by atoms with E-state index in [9.17, 15) is 14.0 Å². The number of benzene rings is 2. The molecule has 11 heteroatoms. The van der Waals surface area contributed by atoms with Gasteiger partial charge in [0, 0.05) is 24.4 Å². The first-order valence-corrected chi connectivity index (χ1v) is 13.8. The summed E-state index contributed by atoms with van der Waals surface area (Å²) >= 11 is 8.85. The third-order valence-corrected chi connectivity index (χ3v) is 8.43. The summed E-state index contributed by atoms with van der Waals surface area (Å²) in [5.74, 6) is -0.158. The van der Waals surface area contributed by atoms with Crippen molar-refractivity contribution in [2.24, 2.45) is 0 Å². The van der Waals surface area contributed by atoms with Crippen LogP contribution in [-0.2, 0) is 4.79 Å². The normalized spacial score (nSPS) is 14.6. The number of ether oxygens (including phenoxy) is 1. The summed E-state index contributed by atoms with van der Waals surface area (Å²) in [6.45, 7) is 4.64. The molecule has 1 N–H and O–H groups in total. The van der Waals surface area contributed by atoms with E-state index in [0.717, 1.165) is 17.8 Å². The van der Waals surface area contributed by atoms with Crippen molar-refractivity contribution < 1.29 is 18.7 Å². The van der Waals surface area contributed by atoms with E-state index in [2.05, 4.69) is 15.3 Å². The van der Waals surface area contributed by atoms with Crippen LogP contribution in [0.2, 0.25) is 5.02 Å². The molecule has 0 unspecified atom stereocenters. The second kappa shape index (κ2) is 10.4. The van der Waals surface area contributed by atoms with Crippen LogP contribution in [0.1, 0.15) is 48.1 Å². The number of likely N-dealkylation sites (tertiary alicyclic amines) is 1. The van der Waals surface area contributed by atoms with Crippen LogP contribution in [0.4, 0.5) is 9.52 Å². The molecule has 0 aliphatic carbocycles. The summed E-state index contributed by atoms with van der Waals surface area (Å²) in [6.07, 6.45) is 1.48. The summed E-state index contributed by atoms with van der Waals surface area (Å²) in [6, 6.07) is 11.4. The lowest BCUT2D eigenvalue weighted by molar-refractivity contribution is -0.146. The zero-order valence-corrected chi connectivity index (χ0v) is 22.6. The topological polar surface area (TPSA) is 84.4 Å². The number of nitrogens with one attached hydrogen (secondary N) is 1. The fraction of sp³-hybridized carbons (Fsp3) is 0.308. The highest BCUT2D eigenvalue weighted by Crippen LogP contribution is 2.33. The molecule has 0 spiro atoms. The largest absolute Gasteiger partial charge is 0.476 e. The molecule has 0 saturated carbocycles. The van der Waals surface area contributed by atoms with Crippen LogP contribution in [0.5, 0.6) is 5.75 Å². The summed E-state index contributed by atoms with van der Waals surface area (Å²) in [5, 5.41) is 6.22. The molecule has 2 aromatic carbocycles. The van der Waals surface area contributed by atoms with Gasteiger partial charge in [-0.25, -0.2) is 14.4 Å². The molecule has 3 heterocycles. The molecule has 4 aromatic rings. The number of rotatable bonds is 6. The summed E-state index contributed by atoms with van der Waals surface area (Å²) in [7, 11) is 0. The van der Waals surface area contributed by atoms with Crippen LogP contribution < -0.4 is 10.1 Å². The SMILES string of the molecule is CC(C)(Oc1ccccc1Cl)C(=O)N1CCC(c2nc(C(=O)Nc3nc4ccc(F)cc4s3)cs2)CC1. The lowest BCUT2D eigenvalue weighted by Gasteiger charge is -2.36. The molecule has 2 aromatic heterocycles. The van der Waals surface area contributed by atoms with Gasteiger partial charge in [-0.3, -0.25) is 14.9 Å². The number of amides is 2. The van der Waals surface area contributed by atoms with Crippen molar-refractivity contribution >= 4 is 61.4 Å². The van der Waals surface area contributed by atoms with Crippen LogP contribution in [0.3, 0.4) is 0 Å². The van der Waals surface area contributed by atoms with Gasteiger partial charge in [-0.1, -0.05) is 35.1 Å². The maximum Gasteiger partial charge on any atom is 0.276 e. The van der Waals surface area contributed by atoms with E-state index in [4.69, 9.17) is 16.3 Å². The number of carbonyl (C=O) groups is 2. The van der Waals surface area contributed by atoms with Crippen molar-refractivity contribution in [2.45, 2.75) is 38.2 Å². The van der Waals surface area contributed by atoms with Gasteiger partial charge in [-0.2, -0.15) is 0 Å². The van der Waals surface area contributed by atoms with Crippen LogP contribution >= 0.6 is 34.3 Å². The lowest BCUT2D eigenvalue weighted by Crippen LogP contribution is -2.51. The van der Waals surface area contributed by atoms with Crippen molar-refractivity contribution in [1.82, 2.24) is 14.9 Å². The summed E-state index contributed by atoms with van der Waals surface area (Å²) < 4.78 is 20.1. The maximum absolute atomic E-state index is 13.4. The zero-order valence-electron chi connectivity index (χ0n) is 20.2. The van der Waals surface area contributed by atoms with Crippen molar-refractivity contribution in [3.05, 3.63) is 69.4 Å². The molecule has 7 nitrogen and oxygen atoms in total. The number of aromatic nitrogens is 2. The predicted molar refractivity (Wildman–Crippen MR) is 144 cm³/mol. The Kier molecular flexibility index (Phi) is 7.15. The lowest BCUT2D eigenvalue weighted by atomic mass is 9.96. The Hall–Kier alpha value is -3.08. The Bertz CT molecular complexity index is 1460.